The van der Waals surface area contributed by atoms with Gasteiger partial charge in [-0.2, -0.15) is 0 Å². The first kappa shape index (κ1) is 17.1. The van der Waals surface area contributed by atoms with Crippen LogP contribution in [0.3, 0.4) is 0 Å². The first-order chi connectivity index (χ1) is 8.10. The van der Waals surface area contributed by atoms with Crippen molar-refractivity contribution in [3.05, 3.63) is 0 Å². The van der Waals surface area contributed by atoms with Gasteiger partial charge in [-0.25, -0.2) is 0 Å². The van der Waals surface area contributed by atoms with Gasteiger partial charge < -0.3 is 4.74 Å². The highest BCUT2D eigenvalue weighted by Gasteiger charge is 2.12. The van der Waals surface area contributed by atoms with Crippen molar-refractivity contribution >= 4 is 29.2 Å². The standard InChI is InChI=1S/C13H24Cl2O2/c1-3-4-7-11(14)10-12(15)8-5-6-9-13(16)17-2/h11-12H,3-10H2,1-2H3. The predicted molar refractivity (Wildman–Crippen MR) is 73.9 cm³/mol. The third kappa shape index (κ3) is 10.9. The van der Waals surface area contributed by atoms with Gasteiger partial charge in [0.15, 0.2) is 0 Å². The summed E-state index contributed by atoms with van der Waals surface area (Å²) in [5.41, 5.74) is 0. The number of alkyl halides is 2. The maximum atomic E-state index is 10.9. The third-order valence-electron chi connectivity index (χ3n) is 2.76. The van der Waals surface area contributed by atoms with Gasteiger partial charge in [-0.3, -0.25) is 4.79 Å². The van der Waals surface area contributed by atoms with E-state index in [2.05, 4.69) is 11.7 Å². The Hall–Kier alpha value is 0.0500. The van der Waals surface area contributed by atoms with Crippen LogP contribution < -0.4 is 0 Å². The van der Waals surface area contributed by atoms with Crippen LogP contribution in [0.1, 0.15) is 58.3 Å². The van der Waals surface area contributed by atoms with Crippen LogP contribution in [0.2, 0.25) is 0 Å². The van der Waals surface area contributed by atoms with Crippen LogP contribution in [0.5, 0.6) is 0 Å². The van der Waals surface area contributed by atoms with E-state index < -0.39 is 0 Å². The highest BCUT2D eigenvalue weighted by atomic mass is 35.5. The molecule has 0 saturated carbocycles. The molecule has 4 heteroatoms. The summed E-state index contributed by atoms with van der Waals surface area (Å²) in [6, 6.07) is 0. The summed E-state index contributed by atoms with van der Waals surface area (Å²) >= 11 is 12.4. The van der Waals surface area contributed by atoms with E-state index in [9.17, 15) is 4.79 Å². The van der Waals surface area contributed by atoms with Gasteiger partial charge in [0.2, 0.25) is 0 Å². The number of methoxy groups -OCH3 is 1. The van der Waals surface area contributed by atoms with E-state index in [1.54, 1.807) is 0 Å². The van der Waals surface area contributed by atoms with Crippen molar-refractivity contribution in [2.45, 2.75) is 69.0 Å². The molecular formula is C13H24Cl2O2. The molecule has 0 N–H and O–H groups in total. The Balaban J connectivity index is 3.45. The molecule has 2 unspecified atom stereocenters. The molecule has 0 fully saturated rings. The fourth-order valence-electron chi connectivity index (χ4n) is 1.68. The summed E-state index contributed by atoms with van der Waals surface area (Å²) < 4.78 is 4.57. The van der Waals surface area contributed by atoms with E-state index in [1.165, 1.54) is 20.0 Å². The summed E-state index contributed by atoms with van der Waals surface area (Å²) in [6.45, 7) is 2.16. The van der Waals surface area contributed by atoms with Crippen LogP contribution in [0, 0.1) is 0 Å². The Morgan fingerprint density at radius 2 is 1.71 bits per heavy atom. The van der Waals surface area contributed by atoms with Gasteiger partial charge in [0.05, 0.1) is 7.11 Å². The highest BCUT2D eigenvalue weighted by molar-refractivity contribution is 6.23. The fraction of sp³-hybridized carbons (Fsp3) is 0.923. The molecule has 0 heterocycles. The van der Waals surface area contributed by atoms with E-state index in [1.807, 2.05) is 0 Å². The second kappa shape index (κ2) is 11.2. The average Bonchev–Trinajstić information content (AvgIpc) is 2.31. The van der Waals surface area contributed by atoms with Gasteiger partial charge in [-0.1, -0.05) is 26.2 Å². The molecule has 102 valence electrons. The minimum Gasteiger partial charge on any atom is -0.469 e. The lowest BCUT2D eigenvalue weighted by molar-refractivity contribution is -0.140. The Morgan fingerprint density at radius 3 is 2.24 bits per heavy atom. The Morgan fingerprint density at radius 1 is 1.12 bits per heavy atom. The van der Waals surface area contributed by atoms with Gasteiger partial charge in [-0.05, 0) is 25.7 Å². The van der Waals surface area contributed by atoms with Crippen molar-refractivity contribution in [3.8, 4) is 0 Å². The van der Waals surface area contributed by atoms with Crippen molar-refractivity contribution in [1.29, 1.82) is 0 Å². The quantitative estimate of drug-likeness (QED) is 0.335. The van der Waals surface area contributed by atoms with Crippen LogP contribution in [-0.4, -0.2) is 23.8 Å². The molecular weight excluding hydrogens is 259 g/mol. The number of halogens is 2. The molecule has 0 amide bonds. The molecule has 0 rings (SSSR count). The largest absolute Gasteiger partial charge is 0.469 e. The van der Waals surface area contributed by atoms with Crippen molar-refractivity contribution < 1.29 is 9.53 Å². The SMILES string of the molecule is CCCCC(Cl)CC(Cl)CCCCC(=O)OC. The second-order valence-electron chi connectivity index (χ2n) is 4.39. The summed E-state index contributed by atoms with van der Waals surface area (Å²) in [4.78, 5) is 10.9. The third-order valence-corrected chi connectivity index (χ3v) is 3.55. The topological polar surface area (TPSA) is 26.3 Å². The molecule has 0 aliphatic carbocycles. The number of hydrogen-bond donors (Lipinski definition) is 0. The Bertz CT molecular complexity index is 198. The van der Waals surface area contributed by atoms with Crippen molar-refractivity contribution in [3.63, 3.8) is 0 Å². The predicted octanol–water partition coefficient (Wildman–Crippen LogP) is 4.51. The van der Waals surface area contributed by atoms with E-state index in [0.717, 1.165) is 32.1 Å². The maximum Gasteiger partial charge on any atom is 0.305 e. The minimum atomic E-state index is -0.144. The number of hydrogen-bond acceptors (Lipinski definition) is 2. The molecule has 0 saturated heterocycles. The van der Waals surface area contributed by atoms with Gasteiger partial charge in [0.25, 0.3) is 0 Å². The number of carbonyl (C=O) groups is 1. The van der Waals surface area contributed by atoms with Crippen LogP contribution in [-0.2, 0) is 9.53 Å². The van der Waals surface area contributed by atoms with Gasteiger partial charge in [0, 0.05) is 17.2 Å². The number of unbranched alkanes of at least 4 members (excludes halogenated alkanes) is 2. The lowest BCUT2D eigenvalue weighted by Crippen LogP contribution is -2.09. The molecule has 17 heavy (non-hydrogen) atoms. The van der Waals surface area contributed by atoms with Crippen LogP contribution in [0.4, 0.5) is 0 Å². The van der Waals surface area contributed by atoms with Gasteiger partial charge >= 0.3 is 5.97 Å². The lowest BCUT2D eigenvalue weighted by atomic mass is 10.1. The molecule has 0 aliphatic heterocycles. The molecule has 0 bridgehead atoms. The molecule has 2 atom stereocenters. The fourth-order valence-corrected chi connectivity index (χ4v) is 2.51. The molecule has 0 aromatic carbocycles. The lowest BCUT2D eigenvalue weighted by Gasteiger charge is -2.13. The highest BCUT2D eigenvalue weighted by Crippen LogP contribution is 2.20. The van der Waals surface area contributed by atoms with Crippen LogP contribution in [0.25, 0.3) is 0 Å². The average molecular weight is 283 g/mol. The zero-order chi connectivity index (χ0) is 13.1. The van der Waals surface area contributed by atoms with E-state index in [0.29, 0.717) is 6.42 Å². The first-order valence-corrected chi connectivity index (χ1v) is 7.32. The smallest absolute Gasteiger partial charge is 0.305 e. The number of ether oxygens (including phenoxy) is 1. The number of carbonyl (C=O) groups excluding carboxylic acids is 1. The molecule has 2 nitrogen and oxygen atoms in total. The monoisotopic (exact) mass is 282 g/mol. The summed E-state index contributed by atoms with van der Waals surface area (Å²) in [5, 5.41) is 0.324. The Kier molecular flexibility index (Phi) is 11.2. The zero-order valence-electron chi connectivity index (χ0n) is 10.9. The molecule has 0 aliphatic rings. The molecule has 0 aromatic rings. The van der Waals surface area contributed by atoms with E-state index in [4.69, 9.17) is 23.2 Å². The zero-order valence-corrected chi connectivity index (χ0v) is 12.4. The molecule has 0 aromatic heterocycles. The van der Waals surface area contributed by atoms with Crippen LogP contribution in [0.15, 0.2) is 0 Å². The summed E-state index contributed by atoms with van der Waals surface area (Å²) in [5.74, 6) is -0.144. The van der Waals surface area contributed by atoms with Crippen LogP contribution >= 0.6 is 23.2 Å². The first-order valence-electron chi connectivity index (χ1n) is 6.45. The minimum absolute atomic E-state index is 0.131. The normalized spacial score (nSPS) is 14.4. The molecule has 0 radical (unpaired) electrons. The van der Waals surface area contributed by atoms with Gasteiger partial charge in [0.1, 0.15) is 0 Å². The number of esters is 1. The second-order valence-corrected chi connectivity index (χ2v) is 5.63. The van der Waals surface area contributed by atoms with E-state index >= 15 is 0 Å². The molecule has 0 spiro atoms. The number of rotatable bonds is 10. The van der Waals surface area contributed by atoms with Gasteiger partial charge in [-0.15, -0.1) is 23.2 Å². The van der Waals surface area contributed by atoms with Crippen molar-refractivity contribution in [1.82, 2.24) is 0 Å². The summed E-state index contributed by atoms with van der Waals surface area (Å²) in [7, 11) is 1.42. The van der Waals surface area contributed by atoms with Crippen molar-refractivity contribution in [2.24, 2.45) is 0 Å². The van der Waals surface area contributed by atoms with E-state index in [-0.39, 0.29) is 16.7 Å². The summed E-state index contributed by atoms with van der Waals surface area (Å²) in [6.07, 6.45) is 7.47. The maximum absolute atomic E-state index is 10.9. The Labute approximate surface area is 115 Å². The van der Waals surface area contributed by atoms with Crippen molar-refractivity contribution in [2.75, 3.05) is 7.11 Å².